The van der Waals surface area contributed by atoms with Crippen LogP contribution in [0.15, 0.2) is 52.9 Å². The van der Waals surface area contributed by atoms with Crippen LogP contribution in [-0.4, -0.2) is 52.7 Å². The van der Waals surface area contributed by atoms with Crippen molar-refractivity contribution in [2.24, 2.45) is 5.92 Å². The number of nitrogens with one attached hydrogen (secondary N) is 1. The van der Waals surface area contributed by atoms with Gasteiger partial charge in [0, 0.05) is 24.3 Å². The summed E-state index contributed by atoms with van der Waals surface area (Å²) in [6, 6.07) is 11.1. The lowest BCUT2D eigenvalue weighted by atomic mass is 9.84. The highest BCUT2D eigenvalue weighted by atomic mass is 32.2. The summed E-state index contributed by atoms with van der Waals surface area (Å²) in [7, 11) is -8.56. The zero-order valence-corrected chi connectivity index (χ0v) is 22.4. The van der Waals surface area contributed by atoms with Crippen molar-refractivity contribution >= 4 is 51.0 Å². The fourth-order valence-corrected chi connectivity index (χ4v) is 7.36. The van der Waals surface area contributed by atoms with Crippen molar-refractivity contribution in [1.29, 1.82) is 0 Å². The molecule has 2 aromatic carbocycles. The van der Waals surface area contributed by atoms with Crippen LogP contribution in [0.1, 0.15) is 43.5 Å². The number of carbonyl (C=O) groups is 1. The van der Waals surface area contributed by atoms with Gasteiger partial charge < -0.3 is 14.7 Å². The van der Waals surface area contributed by atoms with Gasteiger partial charge in [-0.15, -0.1) is 11.3 Å². The number of phosphoric ester groups is 1. The topological polar surface area (TPSA) is 146 Å². The van der Waals surface area contributed by atoms with E-state index in [1.807, 2.05) is 13.8 Å². The Morgan fingerprint density at radius 3 is 2.47 bits per heavy atom. The van der Waals surface area contributed by atoms with Crippen molar-refractivity contribution in [3.8, 4) is 0 Å². The van der Waals surface area contributed by atoms with Crippen LogP contribution < -0.4 is 4.72 Å². The van der Waals surface area contributed by atoms with Crippen molar-refractivity contribution in [3.63, 3.8) is 0 Å². The van der Waals surface area contributed by atoms with E-state index in [0.717, 1.165) is 4.70 Å². The normalized spacial score (nSPS) is 16.4. The number of benzene rings is 2. The highest BCUT2D eigenvalue weighted by Gasteiger charge is 2.42. The summed E-state index contributed by atoms with van der Waals surface area (Å²) in [5, 5.41) is 0. The number of carbonyl (C=O) groups excluding carboxylic acids is 1. The fraction of sp³-hybridized carbons (Fsp3) is 0.391. The number of hydrogen-bond acceptors (Lipinski definition) is 7. The minimum Gasteiger partial charge on any atom is -0.338 e. The van der Waals surface area contributed by atoms with E-state index in [4.69, 9.17) is 4.52 Å². The Morgan fingerprint density at radius 2 is 1.86 bits per heavy atom. The molecule has 0 radical (unpaired) electrons. The Morgan fingerprint density at radius 1 is 1.19 bits per heavy atom. The summed E-state index contributed by atoms with van der Waals surface area (Å²) in [5.74, 6) is -0.0800. The number of piperidine rings is 1. The molecule has 194 valence electrons. The number of hydrogen-bond donors (Lipinski definition) is 3. The maximum atomic E-state index is 13.0. The second-order valence-electron chi connectivity index (χ2n) is 9.29. The highest BCUT2D eigenvalue weighted by molar-refractivity contribution is 7.93. The van der Waals surface area contributed by atoms with Crippen LogP contribution in [-0.2, 0) is 19.1 Å². The molecule has 3 aromatic rings. The first-order valence-corrected chi connectivity index (χ1v) is 15.3. The zero-order chi connectivity index (χ0) is 26.1. The van der Waals surface area contributed by atoms with Crippen molar-refractivity contribution in [2.75, 3.05) is 17.8 Å². The maximum Gasteiger partial charge on any atom is 0.470 e. The quantitative estimate of drug-likeness (QED) is 0.351. The van der Waals surface area contributed by atoms with Gasteiger partial charge in [-0.25, -0.2) is 18.0 Å². The third-order valence-electron chi connectivity index (χ3n) is 6.05. The highest BCUT2D eigenvalue weighted by Crippen LogP contribution is 2.47. The smallest absolute Gasteiger partial charge is 0.338 e. The van der Waals surface area contributed by atoms with Crippen LogP contribution in [0.25, 0.3) is 10.2 Å². The maximum absolute atomic E-state index is 13.0. The molecular formula is C23H28N3O7PS2. The SMILES string of the molecule is CC(C)CC1(OP(=O)(O)O)CCN(C(=O)c2ccc(NS(=O)(=O)c3cccc4scnc34)cc2)CC1. The first kappa shape index (κ1) is 26.7. The monoisotopic (exact) mass is 553 g/mol. The van der Waals surface area contributed by atoms with Crippen molar-refractivity contribution < 1.29 is 32.1 Å². The Kier molecular flexibility index (Phi) is 7.57. The van der Waals surface area contributed by atoms with Gasteiger partial charge >= 0.3 is 7.82 Å². The summed E-state index contributed by atoms with van der Waals surface area (Å²) in [5.41, 5.74) is 1.71. The molecule has 0 spiro atoms. The Labute approximate surface area is 213 Å². The molecule has 1 aliphatic rings. The van der Waals surface area contributed by atoms with E-state index >= 15 is 0 Å². The van der Waals surface area contributed by atoms with Crippen LogP contribution in [0, 0.1) is 5.92 Å². The molecule has 4 rings (SSSR count). The predicted octanol–water partition coefficient (Wildman–Crippen LogP) is 4.23. The number of rotatable bonds is 8. The number of anilines is 1. The molecule has 0 bridgehead atoms. The number of likely N-dealkylation sites (tertiary alicyclic amines) is 1. The number of thiazole rings is 1. The number of amides is 1. The van der Waals surface area contributed by atoms with Crippen molar-refractivity contribution in [1.82, 2.24) is 9.88 Å². The minimum atomic E-state index is -4.68. The molecular weight excluding hydrogens is 525 g/mol. The standard InChI is InChI=1S/C23H28N3O7PS2/c1-16(2)14-23(33-34(28,29)30)10-12-26(13-11-23)22(27)17-6-8-18(9-7-17)25-36(31,32)20-5-3-4-19-21(20)24-15-35-19/h3-9,15-16,25H,10-14H2,1-2H3,(H2,28,29,30). The van der Waals surface area contributed by atoms with E-state index in [0.29, 0.717) is 36.0 Å². The molecule has 1 aliphatic heterocycles. The lowest BCUT2D eigenvalue weighted by Crippen LogP contribution is -2.48. The van der Waals surface area contributed by atoms with Gasteiger partial charge in [0.15, 0.2) is 0 Å². The first-order chi connectivity index (χ1) is 16.9. The van der Waals surface area contributed by atoms with Crippen molar-refractivity contribution in [3.05, 3.63) is 53.5 Å². The molecule has 36 heavy (non-hydrogen) atoms. The van der Waals surface area contributed by atoms with E-state index in [9.17, 15) is 27.6 Å². The minimum absolute atomic E-state index is 0.0807. The fourth-order valence-electron chi connectivity index (χ4n) is 4.60. The summed E-state index contributed by atoms with van der Waals surface area (Å²) in [6.07, 6.45) is 1.09. The van der Waals surface area contributed by atoms with Gasteiger partial charge in [0.05, 0.1) is 15.8 Å². The van der Waals surface area contributed by atoms with Crippen LogP contribution in [0.4, 0.5) is 5.69 Å². The Hall–Kier alpha value is -2.34. The molecule has 0 saturated carbocycles. The molecule has 10 nitrogen and oxygen atoms in total. The van der Waals surface area contributed by atoms with Gasteiger partial charge in [-0.3, -0.25) is 14.0 Å². The molecule has 0 unspecified atom stereocenters. The molecule has 0 aliphatic carbocycles. The van der Waals surface area contributed by atoms with Gasteiger partial charge in [0.2, 0.25) is 0 Å². The average Bonchev–Trinajstić information content (AvgIpc) is 3.26. The van der Waals surface area contributed by atoms with Crippen LogP contribution in [0.3, 0.4) is 0 Å². The van der Waals surface area contributed by atoms with Gasteiger partial charge in [0.1, 0.15) is 10.4 Å². The van der Waals surface area contributed by atoms with E-state index in [2.05, 4.69) is 9.71 Å². The van der Waals surface area contributed by atoms with Crippen molar-refractivity contribution in [2.45, 2.75) is 43.6 Å². The molecule has 0 atom stereocenters. The molecule has 2 heterocycles. The summed E-state index contributed by atoms with van der Waals surface area (Å²) in [6.45, 7) is 4.49. The van der Waals surface area contributed by atoms with Gasteiger partial charge in [-0.1, -0.05) is 19.9 Å². The van der Waals surface area contributed by atoms with E-state index in [1.54, 1.807) is 34.7 Å². The van der Waals surface area contributed by atoms with Gasteiger partial charge in [0.25, 0.3) is 15.9 Å². The number of nitrogens with zero attached hydrogens (tertiary/aromatic N) is 2. The molecule has 1 fully saturated rings. The Balaban J connectivity index is 1.43. The second-order valence-corrected chi connectivity index (χ2v) is 13.0. The predicted molar refractivity (Wildman–Crippen MR) is 137 cm³/mol. The number of sulfonamides is 1. The lowest BCUT2D eigenvalue weighted by Gasteiger charge is -2.42. The molecule has 3 N–H and O–H groups in total. The number of para-hydroxylation sites is 1. The number of aromatic nitrogens is 1. The van der Waals surface area contributed by atoms with Gasteiger partial charge in [-0.2, -0.15) is 0 Å². The third-order valence-corrected chi connectivity index (χ3v) is 8.88. The number of phosphoric acid groups is 1. The average molecular weight is 554 g/mol. The molecule has 1 aromatic heterocycles. The first-order valence-electron chi connectivity index (χ1n) is 11.4. The zero-order valence-electron chi connectivity index (χ0n) is 19.8. The molecule has 1 amide bonds. The van der Waals surface area contributed by atoms with Gasteiger partial charge in [-0.05, 0) is 61.6 Å². The summed E-state index contributed by atoms with van der Waals surface area (Å²) in [4.78, 5) is 37.6. The summed E-state index contributed by atoms with van der Waals surface area (Å²) >= 11 is 1.36. The van der Waals surface area contributed by atoms with E-state index in [1.165, 1.54) is 29.5 Å². The number of fused-ring (bicyclic) bond motifs is 1. The molecule has 13 heteroatoms. The van der Waals surface area contributed by atoms with Crippen LogP contribution >= 0.6 is 19.2 Å². The second kappa shape index (κ2) is 10.2. The van der Waals surface area contributed by atoms with Crippen LogP contribution in [0.2, 0.25) is 0 Å². The van der Waals surface area contributed by atoms with E-state index in [-0.39, 0.29) is 29.8 Å². The lowest BCUT2D eigenvalue weighted by molar-refractivity contribution is -0.0285. The summed E-state index contributed by atoms with van der Waals surface area (Å²) < 4.78 is 45.9. The van der Waals surface area contributed by atoms with Crippen LogP contribution in [0.5, 0.6) is 0 Å². The third kappa shape index (κ3) is 6.13. The van der Waals surface area contributed by atoms with E-state index < -0.39 is 23.4 Å². The molecule has 1 saturated heterocycles. The Bertz CT molecular complexity index is 1390. The largest absolute Gasteiger partial charge is 0.470 e.